The SMILES string of the molecule is COCN(C)c1cc(C(C)C)ccc1OC. The average Bonchev–Trinajstić information content (AvgIpc) is 2.28. The van der Waals surface area contributed by atoms with Gasteiger partial charge in [0, 0.05) is 14.2 Å². The molecule has 0 radical (unpaired) electrons. The minimum absolute atomic E-state index is 0.514. The van der Waals surface area contributed by atoms with Crippen LogP contribution in [0.1, 0.15) is 25.3 Å². The van der Waals surface area contributed by atoms with Gasteiger partial charge in [0.15, 0.2) is 0 Å². The van der Waals surface area contributed by atoms with Crippen LogP contribution in [-0.4, -0.2) is 28.0 Å². The molecular weight excluding hydrogens is 202 g/mol. The first kappa shape index (κ1) is 12.8. The Bertz CT molecular complexity index is 337. The third-order valence-electron chi connectivity index (χ3n) is 2.60. The largest absolute Gasteiger partial charge is 0.495 e. The fourth-order valence-corrected chi connectivity index (χ4v) is 1.63. The molecule has 0 atom stereocenters. The van der Waals surface area contributed by atoms with Crippen molar-refractivity contribution in [3.8, 4) is 5.75 Å². The van der Waals surface area contributed by atoms with Gasteiger partial charge in [-0.1, -0.05) is 19.9 Å². The molecule has 1 aromatic carbocycles. The van der Waals surface area contributed by atoms with Crippen LogP contribution >= 0.6 is 0 Å². The highest BCUT2D eigenvalue weighted by atomic mass is 16.5. The van der Waals surface area contributed by atoms with Gasteiger partial charge in [0.2, 0.25) is 0 Å². The number of rotatable bonds is 5. The second kappa shape index (κ2) is 5.75. The number of ether oxygens (including phenoxy) is 2. The maximum atomic E-state index is 5.35. The van der Waals surface area contributed by atoms with Crippen molar-refractivity contribution >= 4 is 5.69 Å². The normalized spacial score (nSPS) is 10.6. The van der Waals surface area contributed by atoms with Crippen molar-refractivity contribution in [1.82, 2.24) is 0 Å². The van der Waals surface area contributed by atoms with Gasteiger partial charge >= 0.3 is 0 Å². The van der Waals surface area contributed by atoms with Gasteiger partial charge in [-0.05, 0) is 23.6 Å². The third kappa shape index (κ3) is 2.89. The first-order valence-corrected chi connectivity index (χ1v) is 5.48. The fourth-order valence-electron chi connectivity index (χ4n) is 1.63. The van der Waals surface area contributed by atoms with Gasteiger partial charge in [-0.2, -0.15) is 0 Å². The molecule has 0 saturated carbocycles. The Labute approximate surface area is 98.0 Å². The van der Waals surface area contributed by atoms with Gasteiger partial charge in [0.25, 0.3) is 0 Å². The summed E-state index contributed by atoms with van der Waals surface area (Å²) in [4.78, 5) is 2.03. The quantitative estimate of drug-likeness (QED) is 0.716. The molecule has 3 nitrogen and oxygen atoms in total. The molecule has 90 valence electrons. The molecule has 3 heteroatoms. The van der Waals surface area contributed by atoms with Gasteiger partial charge in [-0.25, -0.2) is 0 Å². The molecule has 0 bridgehead atoms. The number of hydrogen-bond donors (Lipinski definition) is 0. The number of methoxy groups -OCH3 is 2. The van der Waals surface area contributed by atoms with E-state index in [0.29, 0.717) is 12.6 Å². The number of nitrogens with zero attached hydrogens (tertiary/aromatic N) is 1. The molecule has 0 saturated heterocycles. The standard InChI is InChI=1S/C13H21NO2/c1-10(2)11-6-7-13(16-5)12(8-11)14(3)9-15-4/h6-8,10H,9H2,1-5H3. The van der Waals surface area contributed by atoms with E-state index in [9.17, 15) is 0 Å². The minimum Gasteiger partial charge on any atom is -0.495 e. The summed E-state index contributed by atoms with van der Waals surface area (Å²) in [5.74, 6) is 1.39. The number of anilines is 1. The number of benzene rings is 1. The lowest BCUT2D eigenvalue weighted by atomic mass is 10.0. The summed E-state index contributed by atoms with van der Waals surface area (Å²) < 4.78 is 10.5. The molecule has 0 aliphatic rings. The Balaban J connectivity index is 3.06. The van der Waals surface area contributed by atoms with Crippen LogP contribution in [0, 0.1) is 0 Å². The molecule has 0 amide bonds. The molecular formula is C13H21NO2. The molecule has 16 heavy (non-hydrogen) atoms. The molecule has 0 aliphatic heterocycles. The van der Waals surface area contributed by atoms with E-state index in [4.69, 9.17) is 9.47 Å². The smallest absolute Gasteiger partial charge is 0.142 e. The van der Waals surface area contributed by atoms with Crippen LogP contribution in [0.15, 0.2) is 18.2 Å². The lowest BCUT2D eigenvalue weighted by molar-refractivity contribution is 0.201. The van der Waals surface area contributed by atoms with Crippen LogP contribution in [0.5, 0.6) is 5.75 Å². The van der Waals surface area contributed by atoms with Crippen molar-refractivity contribution in [2.75, 3.05) is 32.9 Å². The summed E-state index contributed by atoms with van der Waals surface area (Å²) in [5.41, 5.74) is 2.37. The van der Waals surface area contributed by atoms with Crippen LogP contribution in [-0.2, 0) is 4.74 Å². The molecule has 0 aromatic heterocycles. The second-order valence-electron chi connectivity index (χ2n) is 4.20. The Morgan fingerprint density at radius 3 is 2.44 bits per heavy atom. The zero-order valence-electron chi connectivity index (χ0n) is 10.8. The van der Waals surface area contributed by atoms with Crippen LogP contribution in [0.4, 0.5) is 5.69 Å². The highest BCUT2D eigenvalue weighted by Crippen LogP contribution is 2.30. The lowest BCUT2D eigenvalue weighted by Gasteiger charge is -2.22. The van der Waals surface area contributed by atoms with E-state index in [1.165, 1.54) is 5.56 Å². The van der Waals surface area contributed by atoms with Gasteiger partial charge in [-0.15, -0.1) is 0 Å². The van der Waals surface area contributed by atoms with Crippen LogP contribution in [0.2, 0.25) is 0 Å². The van der Waals surface area contributed by atoms with E-state index in [2.05, 4.69) is 26.0 Å². The number of hydrogen-bond acceptors (Lipinski definition) is 3. The van der Waals surface area contributed by atoms with Crippen molar-refractivity contribution in [3.05, 3.63) is 23.8 Å². The maximum absolute atomic E-state index is 5.35. The lowest BCUT2D eigenvalue weighted by Crippen LogP contribution is -2.20. The topological polar surface area (TPSA) is 21.7 Å². The molecule has 1 rings (SSSR count). The summed E-state index contributed by atoms with van der Waals surface area (Å²) in [5, 5.41) is 0. The highest BCUT2D eigenvalue weighted by Gasteiger charge is 2.10. The maximum Gasteiger partial charge on any atom is 0.142 e. The first-order valence-electron chi connectivity index (χ1n) is 5.48. The van der Waals surface area contributed by atoms with E-state index < -0.39 is 0 Å². The zero-order valence-corrected chi connectivity index (χ0v) is 10.8. The average molecular weight is 223 g/mol. The van der Waals surface area contributed by atoms with Gasteiger partial charge in [-0.3, -0.25) is 0 Å². The molecule has 0 spiro atoms. The van der Waals surface area contributed by atoms with E-state index in [0.717, 1.165) is 11.4 Å². The zero-order chi connectivity index (χ0) is 12.1. The Hall–Kier alpha value is -1.22. The molecule has 1 aromatic rings. The molecule has 0 aliphatic carbocycles. The molecule has 0 unspecified atom stereocenters. The highest BCUT2D eigenvalue weighted by molar-refractivity contribution is 5.59. The fraction of sp³-hybridized carbons (Fsp3) is 0.538. The Morgan fingerprint density at radius 2 is 1.94 bits per heavy atom. The van der Waals surface area contributed by atoms with Gasteiger partial charge in [0.05, 0.1) is 12.8 Å². The van der Waals surface area contributed by atoms with E-state index in [1.807, 2.05) is 18.0 Å². The van der Waals surface area contributed by atoms with Crippen LogP contribution in [0.25, 0.3) is 0 Å². The molecule has 0 fully saturated rings. The Kier molecular flexibility index (Phi) is 4.62. The van der Waals surface area contributed by atoms with E-state index in [1.54, 1.807) is 14.2 Å². The van der Waals surface area contributed by atoms with Crippen molar-refractivity contribution < 1.29 is 9.47 Å². The predicted octanol–water partition coefficient (Wildman–Crippen LogP) is 2.86. The summed E-state index contributed by atoms with van der Waals surface area (Å²) >= 11 is 0. The van der Waals surface area contributed by atoms with Gasteiger partial charge in [0.1, 0.15) is 12.5 Å². The minimum atomic E-state index is 0.514. The molecule has 0 heterocycles. The summed E-state index contributed by atoms with van der Waals surface area (Å²) in [6.07, 6.45) is 0. The van der Waals surface area contributed by atoms with Crippen molar-refractivity contribution in [3.63, 3.8) is 0 Å². The Morgan fingerprint density at radius 1 is 1.25 bits per heavy atom. The van der Waals surface area contributed by atoms with Crippen LogP contribution in [0.3, 0.4) is 0 Å². The van der Waals surface area contributed by atoms with E-state index >= 15 is 0 Å². The summed E-state index contributed by atoms with van der Waals surface area (Å²) in [6.45, 7) is 4.92. The summed E-state index contributed by atoms with van der Waals surface area (Å²) in [6, 6.07) is 6.27. The second-order valence-corrected chi connectivity index (χ2v) is 4.20. The van der Waals surface area contributed by atoms with E-state index in [-0.39, 0.29) is 0 Å². The third-order valence-corrected chi connectivity index (χ3v) is 2.60. The van der Waals surface area contributed by atoms with Gasteiger partial charge < -0.3 is 14.4 Å². The predicted molar refractivity (Wildman–Crippen MR) is 67.4 cm³/mol. The molecule has 0 N–H and O–H groups in total. The first-order chi connectivity index (χ1) is 7.60. The monoisotopic (exact) mass is 223 g/mol. The van der Waals surface area contributed by atoms with Crippen molar-refractivity contribution in [1.29, 1.82) is 0 Å². The van der Waals surface area contributed by atoms with Crippen LogP contribution < -0.4 is 9.64 Å². The summed E-state index contributed by atoms with van der Waals surface area (Å²) in [7, 11) is 5.37. The van der Waals surface area contributed by atoms with Crippen molar-refractivity contribution in [2.45, 2.75) is 19.8 Å². The van der Waals surface area contributed by atoms with Crippen molar-refractivity contribution in [2.24, 2.45) is 0 Å².